The van der Waals surface area contributed by atoms with Gasteiger partial charge in [0.25, 0.3) is 5.91 Å². The van der Waals surface area contributed by atoms with E-state index in [1.54, 1.807) is 11.4 Å². The zero-order chi connectivity index (χ0) is 11.6. The minimum absolute atomic E-state index is 0.105. The van der Waals surface area contributed by atoms with Gasteiger partial charge in [0, 0.05) is 29.8 Å². The van der Waals surface area contributed by atoms with Gasteiger partial charge in [-0.25, -0.2) is 8.78 Å². The van der Waals surface area contributed by atoms with Crippen molar-refractivity contribution < 1.29 is 13.6 Å². The number of amides is 1. The van der Waals surface area contributed by atoms with Gasteiger partial charge in [-0.1, -0.05) is 0 Å². The fourth-order valence-electron chi connectivity index (χ4n) is 1.85. The Balaban J connectivity index is 1.85. The van der Waals surface area contributed by atoms with Crippen LogP contribution >= 0.6 is 11.3 Å². The Morgan fingerprint density at radius 2 is 2.12 bits per heavy atom. The molecule has 16 heavy (non-hydrogen) atoms. The molecule has 1 heterocycles. The minimum atomic E-state index is -2.54. The molecule has 0 spiro atoms. The highest BCUT2D eigenvalue weighted by Crippen LogP contribution is 2.33. The molecule has 1 amide bonds. The maximum atomic E-state index is 12.9. The van der Waals surface area contributed by atoms with Gasteiger partial charge in [-0.15, -0.1) is 0 Å². The van der Waals surface area contributed by atoms with Gasteiger partial charge < -0.3 is 5.32 Å². The molecular formula is C11H13F2NOS. The van der Waals surface area contributed by atoms with Crippen molar-refractivity contribution in [1.29, 1.82) is 0 Å². The Morgan fingerprint density at radius 3 is 2.69 bits per heavy atom. The molecule has 1 saturated carbocycles. The van der Waals surface area contributed by atoms with Crippen LogP contribution in [0.25, 0.3) is 0 Å². The lowest BCUT2D eigenvalue weighted by Crippen LogP contribution is -2.40. The molecule has 1 aromatic heterocycles. The number of hydrogen-bond donors (Lipinski definition) is 1. The summed E-state index contributed by atoms with van der Waals surface area (Å²) in [6.45, 7) is 0. The molecule has 1 fully saturated rings. The van der Waals surface area contributed by atoms with E-state index in [0.717, 1.165) is 0 Å². The van der Waals surface area contributed by atoms with Gasteiger partial charge >= 0.3 is 0 Å². The normalized spacial score (nSPS) is 20.6. The molecule has 0 bridgehead atoms. The Hall–Kier alpha value is -0.970. The summed E-state index contributed by atoms with van der Waals surface area (Å²) in [5.41, 5.74) is 0.613. The zero-order valence-electron chi connectivity index (χ0n) is 8.71. The Morgan fingerprint density at radius 1 is 1.44 bits per heavy atom. The number of hydrogen-bond acceptors (Lipinski definition) is 2. The number of carbonyl (C=O) groups excluding carboxylic acids is 1. The third-order valence-corrected chi connectivity index (χ3v) is 3.52. The molecule has 0 aliphatic heterocycles. The third kappa shape index (κ3) is 2.78. The fraction of sp³-hybridized carbons (Fsp3) is 0.545. The third-order valence-electron chi connectivity index (χ3n) is 2.84. The number of alkyl halides is 2. The second kappa shape index (κ2) is 4.49. The van der Waals surface area contributed by atoms with Gasteiger partial charge in [-0.2, -0.15) is 11.3 Å². The van der Waals surface area contributed by atoms with Crippen LogP contribution in [0.4, 0.5) is 8.78 Å². The molecule has 2 nitrogen and oxygen atoms in total. The first-order valence-corrected chi connectivity index (χ1v) is 6.22. The number of halogens is 2. The fourth-order valence-corrected chi connectivity index (χ4v) is 2.48. The average molecular weight is 245 g/mol. The standard InChI is InChI=1S/C11H13F2NOS/c12-11(13)4-1-9(2-5-11)14-10(15)8-3-6-16-7-8/h3,6-7,9H,1-2,4-5H2,(H,14,15). The largest absolute Gasteiger partial charge is 0.349 e. The van der Waals surface area contributed by atoms with Crippen LogP contribution in [0.5, 0.6) is 0 Å². The van der Waals surface area contributed by atoms with Crippen LogP contribution in [-0.2, 0) is 0 Å². The predicted molar refractivity (Wildman–Crippen MR) is 59.0 cm³/mol. The summed E-state index contributed by atoms with van der Waals surface area (Å²) in [5.74, 6) is -2.69. The van der Waals surface area contributed by atoms with E-state index in [1.165, 1.54) is 11.3 Å². The summed E-state index contributed by atoms with van der Waals surface area (Å²) >= 11 is 1.45. The smallest absolute Gasteiger partial charge is 0.252 e. The number of carbonyl (C=O) groups is 1. The molecule has 5 heteroatoms. The van der Waals surface area contributed by atoms with Crippen molar-refractivity contribution in [3.05, 3.63) is 22.4 Å². The molecule has 1 N–H and O–H groups in total. The highest BCUT2D eigenvalue weighted by Gasteiger charge is 2.35. The molecule has 1 aliphatic carbocycles. The van der Waals surface area contributed by atoms with Crippen molar-refractivity contribution in [3.63, 3.8) is 0 Å². The molecule has 0 unspecified atom stereocenters. The highest BCUT2D eigenvalue weighted by molar-refractivity contribution is 7.08. The summed E-state index contributed by atoms with van der Waals surface area (Å²) in [4.78, 5) is 11.6. The van der Waals surface area contributed by atoms with Gasteiger partial charge in [0.05, 0.1) is 0 Å². The van der Waals surface area contributed by atoms with Gasteiger partial charge in [-0.3, -0.25) is 4.79 Å². The van der Waals surface area contributed by atoms with Crippen molar-refractivity contribution in [2.45, 2.75) is 37.6 Å². The molecule has 0 aromatic carbocycles. The van der Waals surface area contributed by atoms with Crippen molar-refractivity contribution >= 4 is 17.2 Å². The van der Waals surface area contributed by atoms with Crippen LogP contribution < -0.4 is 5.32 Å². The van der Waals surface area contributed by atoms with E-state index < -0.39 is 5.92 Å². The topological polar surface area (TPSA) is 29.1 Å². The summed E-state index contributed by atoms with van der Waals surface area (Å²) in [7, 11) is 0. The van der Waals surface area contributed by atoms with Gasteiger partial charge in [-0.05, 0) is 24.3 Å². The van der Waals surface area contributed by atoms with Gasteiger partial charge in [0.1, 0.15) is 0 Å². The van der Waals surface area contributed by atoms with Crippen LogP contribution in [-0.4, -0.2) is 17.9 Å². The SMILES string of the molecule is O=C(NC1CCC(F)(F)CC1)c1ccsc1. The molecular weight excluding hydrogens is 232 g/mol. The lowest BCUT2D eigenvalue weighted by Gasteiger charge is -2.28. The second-order valence-electron chi connectivity index (χ2n) is 4.12. The maximum Gasteiger partial charge on any atom is 0.252 e. The first kappa shape index (κ1) is 11.5. The van der Waals surface area contributed by atoms with Crippen LogP contribution in [0, 0.1) is 0 Å². The van der Waals surface area contributed by atoms with Crippen LogP contribution in [0.3, 0.4) is 0 Å². The van der Waals surface area contributed by atoms with E-state index in [2.05, 4.69) is 5.32 Å². The first-order valence-electron chi connectivity index (χ1n) is 5.28. The van der Waals surface area contributed by atoms with E-state index in [0.29, 0.717) is 18.4 Å². The van der Waals surface area contributed by atoms with Crippen molar-refractivity contribution in [2.24, 2.45) is 0 Å². The van der Waals surface area contributed by atoms with Crippen molar-refractivity contribution in [1.82, 2.24) is 5.32 Å². The quantitative estimate of drug-likeness (QED) is 0.852. The maximum absolute atomic E-state index is 12.9. The highest BCUT2D eigenvalue weighted by atomic mass is 32.1. The van der Waals surface area contributed by atoms with Crippen LogP contribution in [0.15, 0.2) is 16.8 Å². The molecule has 0 saturated heterocycles. The van der Waals surface area contributed by atoms with E-state index in [9.17, 15) is 13.6 Å². The average Bonchev–Trinajstić information content (AvgIpc) is 2.74. The van der Waals surface area contributed by atoms with Crippen molar-refractivity contribution in [2.75, 3.05) is 0 Å². The monoisotopic (exact) mass is 245 g/mol. The lowest BCUT2D eigenvalue weighted by atomic mass is 9.92. The molecule has 1 aliphatic rings. The number of thiophene rings is 1. The minimum Gasteiger partial charge on any atom is -0.349 e. The number of nitrogens with one attached hydrogen (secondary N) is 1. The number of rotatable bonds is 2. The molecule has 1 aromatic rings. The van der Waals surface area contributed by atoms with Gasteiger partial charge in [0.2, 0.25) is 5.92 Å². The summed E-state index contributed by atoms with van der Waals surface area (Å²) in [6.07, 6.45) is 0.481. The Labute approximate surface area is 96.7 Å². The first-order chi connectivity index (χ1) is 7.57. The van der Waals surface area contributed by atoms with E-state index in [-0.39, 0.29) is 24.8 Å². The summed E-state index contributed by atoms with van der Waals surface area (Å²) in [6, 6.07) is 1.63. The second-order valence-corrected chi connectivity index (χ2v) is 4.90. The van der Waals surface area contributed by atoms with Crippen molar-refractivity contribution in [3.8, 4) is 0 Å². The van der Waals surface area contributed by atoms with E-state index in [4.69, 9.17) is 0 Å². The Bertz CT molecular complexity index is 354. The van der Waals surface area contributed by atoms with E-state index in [1.807, 2.05) is 5.38 Å². The van der Waals surface area contributed by atoms with Gasteiger partial charge in [0.15, 0.2) is 0 Å². The predicted octanol–water partition coefficient (Wildman–Crippen LogP) is 3.06. The van der Waals surface area contributed by atoms with Crippen LogP contribution in [0.1, 0.15) is 36.0 Å². The molecule has 0 atom stereocenters. The van der Waals surface area contributed by atoms with E-state index >= 15 is 0 Å². The molecule has 2 rings (SSSR count). The zero-order valence-corrected chi connectivity index (χ0v) is 9.53. The molecule has 88 valence electrons. The van der Waals surface area contributed by atoms with Crippen LogP contribution in [0.2, 0.25) is 0 Å². The summed E-state index contributed by atoms with van der Waals surface area (Å²) in [5, 5.41) is 6.37. The lowest BCUT2D eigenvalue weighted by molar-refractivity contribution is -0.0399. The summed E-state index contributed by atoms with van der Waals surface area (Å²) < 4.78 is 25.8. The molecule has 0 radical (unpaired) electrons. The Kier molecular flexibility index (Phi) is 3.23.